The Hall–Kier alpha value is -1.65. The zero-order valence-corrected chi connectivity index (χ0v) is 12.5. The topological polar surface area (TPSA) is 21.3 Å². The van der Waals surface area contributed by atoms with Crippen molar-refractivity contribution in [1.29, 1.82) is 0 Å². The van der Waals surface area contributed by atoms with E-state index in [9.17, 15) is 8.78 Å². The fourth-order valence-corrected chi connectivity index (χ4v) is 2.42. The molecule has 0 saturated heterocycles. The van der Waals surface area contributed by atoms with Crippen molar-refractivity contribution in [3.63, 3.8) is 0 Å². The lowest BCUT2D eigenvalue weighted by Crippen LogP contribution is -2.21. The molecule has 2 aromatic carbocycles. The summed E-state index contributed by atoms with van der Waals surface area (Å²) < 4.78 is 32.7. The third-order valence-corrected chi connectivity index (χ3v) is 3.67. The Morgan fingerprint density at radius 2 is 1.76 bits per heavy atom. The first-order valence-corrected chi connectivity index (χ1v) is 6.91. The number of halogens is 3. The molecule has 1 N–H and O–H groups in total. The normalized spacial score (nSPS) is 12.2. The van der Waals surface area contributed by atoms with Crippen LogP contribution in [0, 0.1) is 11.6 Å². The van der Waals surface area contributed by atoms with Gasteiger partial charge in [-0.05, 0) is 31.2 Å². The van der Waals surface area contributed by atoms with Crippen LogP contribution in [0.4, 0.5) is 8.78 Å². The van der Waals surface area contributed by atoms with E-state index in [2.05, 4.69) is 5.32 Å². The number of rotatable bonds is 5. The van der Waals surface area contributed by atoms with Crippen molar-refractivity contribution in [2.24, 2.45) is 0 Å². The summed E-state index contributed by atoms with van der Waals surface area (Å²) in [7, 11) is 1.55. The van der Waals surface area contributed by atoms with Crippen molar-refractivity contribution < 1.29 is 13.5 Å². The van der Waals surface area contributed by atoms with E-state index >= 15 is 0 Å². The molecule has 0 aliphatic carbocycles. The minimum absolute atomic E-state index is 0.0171. The highest BCUT2D eigenvalue weighted by molar-refractivity contribution is 6.31. The second-order valence-corrected chi connectivity index (χ2v) is 5.07. The quantitative estimate of drug-likeness (QED) is 0.879. The van der Waals surface area contributed by atoms with Gasteiger partial charge >= 0.3 is 0 Å². The molecule has 5 heteroatoms. The van der Waals surface area contributed by atoms with E-state index in [0.717, 1.165) is 5.56 Å². The minimum atomic E-state index is -0.568. The molecule has 0 amide bonds. The molecule has 112 valence electrons. The molecule has 0 fully saturated rings. The monoisotopic (exact) mass is 311 g/mol. The molecule has 2 aromatic rings. The highest BCUT2D eigenvalue weighted by Gasteiger charge is 2.16. The molecule has 2 rings (SSSR count). The zero-order chi connectivity index (χ0) is 15.4. The molecule has 0 saturated carbocycles. The third-order valence-electron chi connectivity index (χ3n) is 3.31. The number of nitrogens with one attached hydrogen (secondary N) is 1. The summed E-state index contributed by atoms with van der Waals surface area (Å²) in [6.45, 7) is 2.04. The van der Waals surface area contributed by atoms with Crippen LogP contribution in [0.2, 0.25) is 5.02 Å². The molecule has 0 bridgehead atoms. The molecule has 0 aliphatic rings. The predicted molar refractivity (Wildman–Crippen MR) is 79.6 cm³/mol. The standard InChI is InChI=1S/C16H16ClF2NO/c1-10(16-13(18)6-4-7-14(16)19)20-9-11-12(17)5-3-8-15(11)21-2/h3-8,10,20H,9H2,1-2H3. The lowest BCUT2D eigenvalue weighted by atomic mass is 10.1. The zero-order valence-electron chi connectivity index (χ0n) is 11.8. The Morgan fingerprint density at radius 1 is 1.14 bits per heavy atom. The van der Waals surface area contributed by atoms with Gasteiger partial charge in [0.15, 0.2) is 0 Å². The van der Waals surface area contributed by atoms with E-state index in [4.69, 9.17) is 16.3 Å². The van der Waals surface area contributed by atoms with Gasteiger partial charge in [0.25, 0.3) is 0 Å². The number of hydrogen-bond acceptors (Lipinski definition) is 2. The summed E-state index contributed by atoms with van der Waals surface area (Å²) in [6, 6.07) is 8.65. The molecule has 21 heavy (non-hydrogen) atoms. The van der Waals surface area contributed by atoms with Crippen molar-refractivity contribution in [2.45, 2.75) is 19.5 Å². The maximum atomic E-state index is 13.7. The van der Waals surface area contributed by atoms with Crippen LogP contribution in [-0.2, 0) is 6.54 Å². The van der Waals surface area contributed by atoms with Gasteiger partial charge in [-0.3, -0.25) is 0 Å². The number of ether oxygens (including phenoxy) is 1. The van der Waals surface area contributed by atoms with Crippen LogP contribution in [-0.4, -0.2) is 7.11 Å². The summed E-state index contributed by atoms with van der Waals surface area (Å²) in [5, 5.41) is 3.61. The van der Waals surface area contributed by atoms with Gasteiger partial charge in [-0.2, -0.15) is 0 Å². The molecule has 0 radical (unpaired) electrons. The Kier molecular flexibility index (Phi) is 5.15. The van der Waals surface area contributed by atoms with E-state index in [-0.39, 0.29) is 5.56 Å². The lowest BCUT2D eigenvalue weighted by molar-refractivity contribution is 0.405. The van der Waals surface area contributed by atoms with Crippen LogP contribution in [0.15, 0.2) is 36.4 Å². The van der Waals surface area contributed by atoms with Crippen molar-refractivity contribution >= 4 is 11.6 Å². The van der Waals surface area contributed by atoms with Crippen LogP contribution in [0.3, 0.4) is 0 Å². The lowest BCUT2D eigenvalue weighted by Gasteiger charge is -2.17. The summed E-state index contributed by atoms with van der Waals surface area (Å²) in [6.07, 6.45) is 0. The van der Waals surface area contributed by atoms with Crippen molar-refractivity contribution in [1.82, 2.24) is 5.32 Å². The van der Waals surface area contributed by atoms with Gasteiger partial charge in [0, 0.05) is 28.7 Å². The number of benzene rings is 2. The third kappa shape index (κ3) is 3.52. The average molecular weight is 312 g/mol. The maximum Gasteiger partial charge on any atom is 0.130 e. The van der Waals surface area contributed by atoms with Gasteiger partial charge in [0.05, 0.1) is 7.11 Å². The van der Waals surface area contributed by atoms with Crippen LogP contribution in [0.25, 0.3) is 0 Å². The van der Waals surface area contributed by atoms with E-state index in [1.54, 1.807) is 32.2 Å². The summed E-state index contributed by atoms with van der Waals surface area (Å²) >= 11 is 6.13. The first-order chi connectivity index (χ1) is 10.0. The first kappa shape index (κ1) is 15.7. The van der Waals surface area contributed by atoms with Gasteiger partial charge in [-0.15, -0.1) is 0 Å². The molecule has 0 aromatic heterocycles. The van der Waals surface area contributed by atoms with Gasteiger partial charge in [0.1, 0.15) is 17.4 Å². The second kappa shape index (κ2) is 6.87. The van der Waals surface area contributed by atoms with Crippen LogP contribution in [0.5, 0.6) is 5.75 Å². The fraction of sp³-hybridized carbons (Fsp3) is 0.250. The van der Waals surface area contributed by atoms with Crippen LogP contribution >= 0.6 is 11.6 Å². The smallest absolute Gasteiger partial charge is 0.130 e. The second-order valence-electron chi connectivity index (χ2n) is 4.66. The molecular formula is C16H16ClF2NO. The Morgan fingerprint density at radius 3 is 2.38 bits per heavy atom. The predicted octanol–water partition coefficient (Wildman–Crippen LogP) is 4.48. The molecule has 1 unspecified atom stereocenters. The van der Waals surface area contributed by atoms with Gasteiger partial charge in [0.2, 0.25) is 0 Å². The number of hydrogen-bond donors (Lipinski definition) is 1. The number of methoxy groups -OCH3 is 1. The molecular weight excluding hydrogens is 296 g/mol. The highest BCUT2D eigenvalue weighted by atomic mass is 35.5. The van der Waals surface area contributed by atoms with E-state index in [0.29, 0.717) is 17.3 Å². The SMILES string of the molecule is COc1cccc(Cl)c1CNC(C)c1c(F)cccc1F. The summed E-state index contributed by atoms with van der Waals surface area (Å²) in [5.41, 5.74) is 0.772. The van der Waals surface area contributed by atoms with Crippen LogP contribution in [0.1, 0.15) is 24.1 Å². The van der Waals surface area contributed by atoms with Crippen LogP contribution < -0.4 is 10.1 Å². The first-order valence-electron chi connectivity index (χ1n) is 6.53. The Balaban J connectivity index is 2.17. The highest BCUT2D eigenvalue weighted by Crippen LogP contribution is 2.27. The average Bonchev–Trinajstić information content (AvgIpc) is 2.45. The molecule has 0 spiro atoms. The molecule has 0 heterocycles. The minimum Gasteiger partial charge on any atom is -0.496 e. The molecule has 0 aliphatic heterocycles. The van der Waals surface area contributed by atoms with E-state index in [1.807, 2.05) is 0 Å². The van der Waals surface area contributed by atoms with Gasteiger partial charge in [-0.1, -0.05) is 23.7 Å². The van der Waals surface area contributed by atoms with Crippen molar-refractivity contribution in [2.75, 3.05) is 7.11 Å². The Labute approximate surface area is 127 Å². The Bertz CT molecular complexity index is 613. The van der Waals surface area contributed by atoms with E-state index in [1.165, 1.54) is 18.2 Å². The summed E-state index contributed by atoms with van der Waals surface area (Å²) in [5.74, 6) is -0.501. The van der Waals surface area contributed by atoms with Crippen molar-refractivity contribution in [3.05, 3.63) is 64.2 Å². The largest absolute Gasteiger partial charge is 0.496 e. The molecule has 1 atom stereocenters. The van der Waals surface area contributed by atoms with Gasteiger partial charge < -0.3 is 10.1 Å². The van der Waals surface area contributed by atoms with Gasteiger partial charge in [-0.25, -0.2) is 8.78 Å². The van der Waals surface area contributed by atoms with Crippen molar-refractivity contribution in [3.8, 4) is 5.75 Å². The van der Waals surface area contributed by atoms with E-state index < -0.39 is 17.7 Å². The molecule has 2 nitrogen and oxygen atoms in total. The maximum absolute atomic E-state index is 13.7. The summed E-state index contributed by atoms with van der Waals surface area (Å²) in [4.78, 5) is 0. The fourth-order valence-electron chi connectivity index (χ4n) is 2.18.